The van der Waals surface area contributed by atoms with Crippen LogP contribution in [0.3, 0.4) is 0 Å². The normalized spacial score (nSPS) is 11.7. The number of amides is 1. The van der Waals surface area contributed by atoms with Crippen LogP contribution in [0.2, 0.25) is 0 Å². The zero-order chi connectivity index (χ0) is 19.2. The number of rotatable bonds is 7. The number of carbonyl (C=O) groups is 1. The molecule has 0 saturated heterocycles. The molecule has 3 aromatic rings. The Bertz CT molecular complexity index is 894. The third-order valence-corrected chi connectivity index (χ3v) is 3.75. The Hall–Kier alpha value is -3.42. The van der Waals surface area contributed by atoms with E-state index in [9.17, 15) is 9.18 Å². The highest BCUT2D eigenvalue weighted by Crippen LogP contribution is 2.22. The molecule has 8 heteroatoms. The number of carbonyl (C=O) groups excluding carboxylic acids is 1. The number of hydrogen-bond donors (Lipinski definition) is 1. The molecule has 0 saturated carbocycles. The van der Waals surface area contributed by atoms with Gasteiger partial charge in [-0.1, -0.05) is 6.92 Å². The molecule has 0 fully saturated rings. The third-order valence-electron chi connectivity index (χ3n) is 3.75. The minimum atomic E-state index is -0.779. The van der Waals surface area contributed by atoms with Crippen LogP contribution in [-0.2, 0) is 4.79 Å². The maximum atomic E-state index is 13.0. The summed E-state index contributed by atoms with van der Waals surface area (Å²) < 4.78 is 28.8. The highest BCUT2D eigenvalue weighted by Gasteiger charge is 2.21. The second-order valence-electron chi connectivity index (χ2n) is 5.61. The lowest BCUT2D eigenvalue weighted by Gasteiger charge is -2.15. The van der Waals surface area contributed by atoms with E-state index in [2.05, 4.69) is 15.5 Å². The molecule has 0 aliphatic heterocycles. The Labute approximate surface area is 155 Å². The average molecular weight is 371 g/mol. The minimum Gasteiger partial charge on any atom is -0.497 e. The monoisotopic (exact) mass is 371 g/mol. The van der Waals surface area contributed by atoms with Gasteiger partial charge < -0.3 is 14.0 Å². The molecule has 0 bridgehead atoms. The molecular formula is C19H18FN3O4. The van der Waals surface area contributed by atoms with Gasteiger partial charge in [0.05, 0.1) is 7.11 Å². The van der Waals surface area contributed by atoms with E-state index in [1.54, 1.807) is 38.3 Å². The molecule has 27 heavy (non-hydrogen) atoms. The number of methoxy groups -OCH3 is 1. The lowest BCUT2D eigenvalue weighted by atomic mass is 10.2. The molecule has 0 aliphatic rings. The zero-order valence-corrected chi connectivity index (χ0v) is 14.8. The number of aromatic nitrogens is 2. The highest BCUT2D eigenvalue weighted by atomic mass is 19.1. The topological polar surface area (TPSA) is 86.5 Å². The molecule has 1 atom stereocenters. The third kappa shape index (κ3) is 4.60. The van der Waals surface area contributed by atoms with Crippen LogP contribution in [0, 0.1) is 5.82 Å². The van der Waals surface area contributed by atoms with Crippen LogP contribution in [0.5, 0.6) is 11.5 Å². The first-order chi connectivity index (χ1) is 13.1. The van der Waals surface area contributed by atoms with Crippen molar-refractivity contribution in [3.8, 4) is 23.0 Å². The van der Waals surface area contributed by atoms with E-state index in [1.807, 2.05) is 0 Å². The van der Waals surface area contributed by atoms with Crippen molar-refractivity contribution in [3.63, 3.8) is 0 Å². The van der Waals surface area contributed by atoms with Crippen LogP contribution in [0.4, 0.5) is 10.3 Å². The van der Waals surface area contributed by atoms with Crippen LogP contribution in [0.25, 0.3) is 11.5 Å². The van der Waals surface area contributed by atoms with Gasteiger partial charge in [0.2, 0.25) is 0 Å². The van der Waals surface area contributed by atoms with Crippen molar-refractivity contribution in [1.82, 2.24) is 10.1 Å². The number of hydrogen-bond acceptors (Lipinski definition) is 6. The molecule has 1 N–H and O–H groups in total. The summed E-state index contributed by atoms with van der Waals surface area (Å²) >= 11 is 0. The number of halogens is 1. The van der Waals surface area contributed by atoms with Gasteiger partial charge in [0.15, 0.2) is 6.10 Å². The molecule has 0 aliphatic carbocycles. The van der Waals surface area contributed by atoms with Crippen molar-refractivity contribution in [1.29, 1.82) is 0 Å². The molecular weight excluding hydrogens is 353 g/mol. The summed E-state index contributed by atoms with van der Waals surface area (Å²) in [6.45, 7) is 1.80. The summed E-state index contributed by atoms with van der Waals surface area (Å²) in [5.74, 6) is 0.593. The first kappa shape index (κ1) is 18.4. The number of benzene rings is 2. The molecule has 1 aromatic heterocycles. The van der Waals surface area contributed by atoms with E-state index in [1.165, 1.54) is 24.3 Å². The summed E-state index contributed by atoms with van der Waals surface area (Å²) in [5, 5.41) is 6.31. The fourth-order valence-electron chi connectivity index (χ4n) is 2.32. The van der Waals surface area contributed by atoms with Crippen molar-refractivity contribution in [2.24, 2.45) is 0 Å². The molecule has 1 amide bonds. The van der Waals surface area contributed by atoms with Crippen LogP contribution in [-0.4, -0.2) is 29.3 Å². The molecule has 1 heterocycles. The maximum absolute atomic E-state index is 13.0. The molecule has 0 radical (unpaired) electrons. The molecule has 140 valence electrons. The smallest absolute Gasteiger partial charge is 0.270 e. The number of ether oxygens (including phenoxy) is 2. The summed E-state index contributed by atoms with van der Waals surface area (Å²) in [7, 11) is 1.58. The Morgan fingerprint density at radius 3 is 2.44 bits per heavy atom. The van der Waals surface area contributed by atoms with Crippen LogP contribution in [0.1, 0.15) is 13.3 Å². The Morgan fingerprint density at radius 2 is 1.81 bits per heavy atom. The number of nitrogens with zero attached hydrogens (tertiary/aromatic N) is 2. The maximum Gasteiger partial charge on any atom is 0.270 e. The number of anilines is 1. The summed E-state index contributed by atoms with van der Waals surface area (Å²) in [6.07, 6.45) is -0.370. The number of nitrogens with one attached hydrogen (secondary N) is 1. The van der Waals surface area contributed by atoms with E-state index < -0.39 is 12.0 Å². The van der Waals surface area contributed by atoms with Crippen molar-refractivity contribution in [2.75, 3.05) is 12.4 Å². The highest BCUT2D eigenvalue weighted by molar-refractivity contribution is 5.92. The second kappa shape index (κ2) is 8.31. The molecule has 7 nitrogen and oxygen atoms in total. The van der Waals surface area contributed by atoms with Crippen molar-refractivity contribution in [2.45, 2.75) is 19.4 Å². The van der Waals surface area contributed by atoms with Gasteiger partial charge in [0, 0.05) is 5.56 Å². The van der Waals surface area contributed by atoms with Gasteiger partial charge in [-0.05, 0) is 60.1 Å². The van der Waals surface area contributed by atoms with E-state index in [4.69, 9.17) is 14.0 Å². The average Bonchev–Trinajstić information content (AvgIpc) is 3.16. The van der Waals surface area contributed by atoms with E-state index >= 15 is 0 Å². The Kier molecular flexibility index (Phi) is 5.65. The predicted octanol–water partition coefficient (Wildman–Crippen LogP) is 3.68. The van der Waals surface area contributed by atoms with E-state index in [0.717, 1.165) is 0 Å². The SMILES string of the molecule is CCC(Oc1ccc(F)cc1)C(=O)Nc1noc(-c2ccc(OC)cc2)n1. The molecule has 3 rings (SSSR count). The van der Waals surface area contributed by atoms with Gasteiger partial charge in [0.25, 0.3) is 17.7 Å². The molecule has 0 spiro atoms. The fourth-order valence-corrected chi connectivity index (χ4v) is 2.32. The lowest BCUT2D eigenvalue weighted by Crippen LogP contribution is -2.32. The second-order valence-corrected chi connectivity index (χ2v) is 5.61. The van der Waals surface area contributed by atoms with E-state index in [0.29, 0.717) is 23.5 Å². The predicted molar refractivity (Wildman–Crippen MR) is 96.0 cm³/mol. The first-order valence-corrected chi connectivity index (χ1v) is 8.30. The quantitative estimate of drug-likeness (QED) is 0.682. The molecule has 2 aromatic carbocycles. The van der Waals surface area contributed by atoms with Crippen molar-refractivity contribution >= 4 is 11.9 Å². The Balaban J connectivity index is 1.65. The van der Waals surface area contributed by atoms with Gasteiger partial charge in [-0.3, -0.25) is 10.1 Å². The lowest BCUT2D eigenvalue weighted by molar-refractivity contribution is -0.122. The van der Waals surface area contributed by atoms with E-state index in [-0.39, 0.29) is 17.7 Å². The van der Waals surface area contributed by atoms with Gasteiger partial charge >= 0.3 is 0 Å². The zero-order valence-electron chi connectivity index (χ0n) is 14.8. The summed E-state index contributed by atoms with van der Waals surface area (Å²) in [6, 6.07) is 12.5. The largest absolute Gasteiger partial charge is 0.497 e. The minimum absolute atomic E-state index is 0.0342. The van der Waals surface area contributed by atoms with Crippen LogP contribution in [0.15, 0.2) is 53.1 Å². The van der Waals surface area contributed by atoms with Gasteiger partial charge in [-0.15, -0.1) is 0 Å². The standard InChI is InChI=1S/C19H18FN3O4/c1-3-16(26-15-10-6-13(20)7-11-15)17(24)21-19-22-18(27-23-19)12-4-8-14(25-2)9-5-12/h4-11,16H,3H2,1-2H3,(H,21,23,24). The van der Waals surface area contributed by atoms with Gasteiger partial charge in [0.1, 0.15) is 17.3 Å². The first-order valence-electron chi connectivity index (χ1n) is 8.30. The van der Waals surface area contributed by atoms with Crippen LogP contribution < -0.4 is 14.8 Å². The van der Waals surface area contributed by atoms with Gasteiger partial charge in [-0.2, -0.15) is 4.98 Å². The Morgan fingerprint density at radius 1 is 1.15 bits per heavy atom. The fraction of sp³-hybridized carbons (Fsp3) is 0.211. The van der Waals surface area contributed by atoms with Gasteiger partial charge in [-0.25, -0.2) is 4.39 Å². The van der Waals surface area contributed by atoms with Crippen molar-refractivity contribution < 1.29 is 23.2 Å². The van der Waals surface area contributed by atoms with Crippen molar-refractivity contribution in [3.05, 3.63) is 54.3 Å². The molecule has 1 unspecified atom stereocenters. The van der Waals surface area contributed by atoms with Crippen LogP contribution >= 0.6 is 0 Å². The summed E-state index contributed by atoms with van der Waals surface area (Å²) in [5.41, 5.74) is 0.693. The summed E-state index contributed by atoms with van der Waals surface area (Å²) in [4.78, 5) is 16.6.